The van der Waals surface area contributed by atoms with Gasteiger partial charge in [0.2, 0.25) is 0 Å². The first-order chi connectivity index (χ1) is 9.98. The number of likely N-dealkylation sites (tertiary alicyclic amines) is 1. The number of amides is 1. The molecule has 1 rings (SSSR count). The van der Waals surface area contributed by atoms with Crippen LogP contribution in [-0.4, -0.2) is 62.2 Å². The number of rotatable bonds is 6. The molecule has 0 aromatic carbocycles. The van der Waals surface area contributed by atoms with E-state index >= 15 is 0 Å². The molecule has 1 N–H and O–H groups in total. The Labute approximate surface area is 134 Å². The third-order valence-electron chi connectivity index (χ3n) is 3.60. The van der Waals surface area contributed by atoms with Crippen LogP contribution >= 0.6 is 0 Å². The molecule has 0 saturated carbocycles. The highest BCUT2D eigenvalue weighted by Gasteiger charge is 2.32. The standard InChI is InChI=1S/C15H30N2O4S/c1-12(16-8-10-22(5,19)20)11-13-7-6-9-17(13)14(18)21-15(2,3)4/h12-13,16H,6-11H2,1-5H3. The molecule has 1 saturated heterocycles. The number of nitrogens with one attached hydrogen (secondary N) is 1. The molecule has 0 aromatic heterocycles. The second-order valence-corrected chi connectivity index (χ2v) is 9.45. The summed E-state index contributed by atoms with van der Waals surface area (Å²) in [6, 6.07) is 0.324. The average Bonchev–Trinajstić information content (AvgIpc) is 2.72. The quantitative estimate of drug-likeness (QED) is 0.801. The Morgan fingerprint density at radius 3 is 2.59 bits per heavy atom. The molecular weight excluding hydrogens is 304 g/mol. The van der Waals surface area contributed by atoms with E-state index < -0.39 is 15.4 Å². The predicted octanol–water partition coefficient (Wildman–Crippen LogP) is 1.80. The molecule has 0 aromatic rings. The maximum absolute atomic E-state index is 12.2. The van der Waals surface area contributed by atoms with Gasteiger partial charge in [-0.05, 0) is 47.0 Å². The molecule has 2 atom stereocenters. The van der Waals surface area contributed by atoms with Crippen molar-refractivity contribution in [2.24, 2.45) is 0 Å². The molecule has 0 radical (unpaired) electrons. The van der Waals surface area contributed by atoms with Crippen LogP contribution in [0, 0.1) is 0 Å². The Morgan fingerprint density at radius 1 is 1.41 bits per heavy atom. The lowest BCUT2D eigenvalue weighted by Crippen LogP contribution is -2.43. The minimum atomic E-state index is -2.94. The van der Waals surface area contributed by atoms with Gasteiger partial charge in [0.15, 0.2) is 0 Å². The number of hydrogen-bond acceptors (Lipinski definition) is 5. The maximum Gasteiger partial charge on any atom is 0.410 e. The fourth-order valence-corrected chi connectivity index (χ4v) is 3.11. The van der Waals surface area contributed by atoms with Crippen LogP contribution in [-0.2, 0) is 14.6 Å². The molecule has 0 bridgehead atoms. The van der Waals surface area contributed by atoms with Gasteiger partial charge in [0.05, 0.1) is 5.75 Å². The monoisotopic (exact) mass is 334 g/mol. The zero-order valence-corrected chi connectivity index (χ0v) is 15.2. The van der Waals surface area contributed by atoms with Crippen molar-refractivity contribution in [3.8, 4) is 0 Å². The summed E-state index contributed by atoms with van der Waals surface area (Å²) in [5, 5.41) is 3.22. The number of carbonyl (C=O) groups excluding carboxylic acids is 1. The van der Waals surface area contributed by atoms with Crippen molar-refractivity contribution in [1.82, 2.24) is 10.2 Å². The van der Waals surface area contributed by atoms with Crippen LogP contribution in [0.3, 0.4) is 0 Å². The number of nitrogens with zero attached hydrogens (tertiary/aromatic N) is 1. The van der Waals surface area contributed by atoms with Gasteiger partial charge in [0.1, 0.15) is 15.4 Å². The smallest absolute Gasteiger partial charge is 0.410 e. The van der Waals surface area contributed by atoms with E-state index in [-0.39, 0.29) is 23.9 Å². The Morgan fingerprint density at radius 2 is 2.05 bits per heavy atom. The summed E-state index contributed by atoms with van der Waals surface area (Å²) in [6.07, 6.45) is 3.75. The summed E-state index contributed by atoms with van der Waals surface area (Å²) in [5.41, 5.74) is -0.483. The van der Waals surface area contributed by atoms with Crippen molar-refractivity contribution in [2.75, 3.05) is 25.1 Å². The molecular formula is C15H30N2O4S. The SMILES string of the molecule is CC(CC1CCCN1C(=O)OC(C)(C)C)NCCS(C)(=O)=O. The summed E-state index contributed by atoms with van der Waals surface area (Å²) in [4.78, 5) is 14.0. The largest absolute Gasteiger partial charge is 0.444 e. The molecule has 1 heterocycles. The lowest BCUT2D eigenvalue weighted by molar-refractivity contribution is 0.0215. The minimum Gasteiger partial charge on any atom is -0.444 e. The highest BCUT2D eigenvalue weighted by molar-refractivity contribution is 7.90. The first-order valence-electron chi connectivity index (χ1n) is 7.88. The minimum absolute atomic E-state index is 0.137. The van der Waals surface area contributed by atoms with E-state index in [1.165, 1.54) is 6.26 Å². The summed E-state index contributed by atoms with van der Waals surface area (Å²) in [6.45, 7) is 8.80. The van der Waals surface area contributed by atoms with E-state index in [4.69, 9.17) is 4.74 Å². The molecule has 1 aliphatic heterocycles. The van der Waals surface area contributed by atoms with Gasteiger partial charge in [-0.15, -0.1) is 0 Å². The molecule has 22 heavy (non-hydrogen) atoms. The van der Waals surface area contributed by atoms with Crippen LogP contribution in [0.5, 0.6) is 0 Å². The lowest BCUT2D eigenvalue weighted by Gasteiger charge is -2.30. The zero-order chi connectivity index (χ0) is 17.0. The van der Waals surface area contributed by atoms with Crippen LogP contribution in [0.25, 0.3) is 0 Å². The fraction of sp³-hybridized carbons (Fsp3) is 0.933. The van der Waals surface area contributed by atoms with Crippen LogP contribution in [0.4, 0.5) is 4.79 Å². The van der Waals surface area contributed by atoms with Crippen LogP contribution in [0.2, 0.25) is 0 Å². The van der Waals surface area contributed by atoms with Crippen molar-refractivity contribution in [3.05, 3.63) is 0 Å². The summed E-state index contributed by atoms with van der Waals surface area (Å²) >= 11 is 0. The molecule has 1 amide bonds. The Balaban J connectivity index is 2.44. The number of sulfone groups is 1. The normalized spacial score (nSPS) is 21.0. The molecule has 130 valence electrons. The first-order valence-corrected chi connectivity index (χ1v) is 9.95. The van der Waals surface area contributed by atoms with E-state index in [0.717, 1.165) is 25.8 Å². The zero-order valence-electron chi connectivity index (χ0n) is 14.4. The highest BCUT2D eigenvalue weighted by Crippen LogP contribution is 2.23. The molecule has 0 spiro atoms. The second kappa shape index (κ2) is 7.64. The Bertz CT molecular complexity index is 470. The van der Waals surface area contributed by atoms with Gasteiger partial charge in [0, 0.05) is 31.4 Å². The van der Waals surface area contributed by atoms with Crippen molar-refractivity contribution < 1.29 is 17.9 Å². The molecule has 2 unspecified atom stereocenters. The number of hydrogen-bond donors (Lipinski definition) is 1. The van der Waals surface area contributed by atoms with E-state index in [1.54, 1.807) is 4.90 Å². The Kier molecular flexibility index (Phi) is 6.67. The van der Waals surface area contributed by atoms with Crippen molar-refractivity contribution >= 4 is 15.9 Å². The van der Waals surface area contributed by atoms with E-state index in [0.29, 0.717) is 6.54 Å². The van der Waals surface area contributed by atoms with E-state index in [1.807, 2.05) is 27.7 Å². The average molecular weight is 334 g/mol. The van der Waals surface area contributed by atoms with Gasteiger partial charge in [-0.2, -0.15) is 0 Å². The molecule has 1 fully saturated rings. The topological polar surface area (TPSA) is 75.7 Å². The number of ether oxygens (including phenoxy) is 1. The summed E-state index contributed by atoms with van der Waals surface area (Å²) < 4.78 is 27.7. The molecule has 0 aliphatic carbocycles. The van der Waals surface area contributed by atoms with Crippen molar-refractivity contribution in [1.29, 1.82) is 0 Å². The molecule has 6 nitrogen and oxygen atoms in total. The summed E-state index contributed by atoms with van der Waals surface area (Å²) in [7, 11) is -2.94. The van der Waals surface area contributed by atoms with E-state index in [9.17, 15) is 13.2 Å². The Hall–Kier alpha value is -0.820. The molecule has 7 heteroatoms. The highest BCUT2D eigenvalue weighted by atomic mass is 32.2. The van der Waals surface area contributed by atoms with Gasteiger partial charge >= 0.3 is 6.09 Å². The van der Waals surface area contributed by atoms with Gasteiger partial charge < -0.3 is 15.0 Å². The van der Waals surface area contributed by atoms with Crippen molar-refractivity contribution in [3.63, 3.8) is 0 Å². The lowest BCUT2D eigenvalue weighted by atomic mass is 10.1. The van der Waals surface area contributed by atoms with E-state index in [2.05, 4.69) is 5.32 Å². The van der Waals surface area contributed by atoms with Crippen LogP contribution < -0.4 is 5.32 Å². The van der Waals surface area contributed by atoms with Crippen LogP contribution in [0.15, 0.2) is 0 Å². The molecule has 1 aliphatic rings. The van der Waals surface area contributed by atoms with Crippen LogP contribution in [0.1, 0.15) is 47.0 Å². The van der Waals surface area contributed by atoms with Gasteiger partial charge in [-0.1, -0.05) is 0 Å². The third-order valence-corrected chi connectivity index (χ3v) is 4.54. The second-order valence-electron chi connectivity index (χ2n) is 7.19. The van der Waals surface area contributed by atoms with Gasteiger partial charge in [-0.25, -0.2) is 13.2 Å². The fourth-order valence-electron chi connectivity index (χ4n) is 2.62. The predicted molar refractivity (Wildman–Crippen MR) is 87.8 cm³/mol. The number of carbonyl (C=O) groups is 1. The first kappa shape index (κ1) is 19.2. The third kappa shape index (κ3) is 7.45. The van der Waals surface area contributed by atoms with Gasteiger partial charge in [0.25, 0.3) is 0 Å². The summed E-state index contributed by atoms with van der Waals surface area (Å²) in [5.74, 6) is 0.137. The van der Waals surface area contributed by atoms with Gasteiger partial charge in [-0.3, -0.25) is 0 Å². The maximum atomic E-state index is 12.2. The van der Waals surface area contributed by atoms with Crippen molar-refractivity contribution in [2.45, 2.75) is 64.6 Å².